The minimum atomic E-state index is -4.00. The number of nitrogens with one attached hydrogen (secondary N) is 1. The zero-order chi connectivity index (χ0) is 25.2. The highest BCUT2D eigenvalue weighted by Gasteiger charge is 2.34. The molecule has 1 amide bonds. The Morgan fingerprint density at radius 3 is 2.60 bits per heavy atom. The minimum Gasteiger partial charge on any atom is -0.493 e. The molecule has 1 heterocycles. The lowest BCUT2D eigenvalue weighted by Gasteiger charge is -2.22. The summed E-state index contributed by atoms with van der Waals surface area (Å²) < 4.78 is 53.1. The van der Waals surface area contributed by atoms with E-state index >= 15 is 0 Å². The fourth-order valence-corrected chi connectivity index (χ4v) is 5.70. The van der Waals surface area contributed by atoms with Crippen molar-refractivity contribution in [2.24, 2.45) is 0 Å². The molecule has 0 radical (unpaired) electrons. The molecule has 0 saturated heterocycles. The van der Waals surface area contributed by atoms with Crippen LogP contribution in [0.3, 0.4) is 0 Å². The molecular formula is C26H25FN2O5S. The molecule has 182 valence electrons. The summed E-state index contributed by atoms with van der Waals surface area (Å²) in [6.45, 7) is 2.06. The quantitative estimate of drug-likeness (QED) is 0.485. The van der Waals surface area contributed by atoms with E-state index in [9.17, 15) is 17.6 Å². The Balaban J connectivity index is 1.69. The molecule has 0 spiro atoms. The monoisotopic (exact) mass is 496 g/mol. The van der Waals surface area contributed by atoms with Gasteiger partial charge >= 0.3 is 0 Å². The van der Waals surface area contributed by atoms with Crippen molar-refractivity contribution in [3.8, 4) is 11.5 Å². The van der Waals surface area contributed by atoms with Crippen LogP contribution in [0.2, 0.25) is 0 Å². The number of carbonyl (C=O) groups excluding carboxylic acids is 1. The number of halogens is 1. The first-order chi connectivity index (χ1) is 16.7. The van der Waals surface area contributed by atoms with Crippen molar-refractivity contribution in [1.82, 2.24) is 0 Å². The van der Waals surface area contributed by atoms with Crippen LogP contribution in [0.5, 0.6) is 11.5 Å². The zero-order valence-electron chi connectivity index (χ0n) is 19.5. The Labute approximate surface area is 203 Å². The molecule has 0 fully saturated rings. The second kappa shape index (κ2) is 9.79. The van der Waals surface area contributed by atoms with E-state index in [0.717, 1.165) is 5.56 Å². The maximum Gasteiger partial charge on any atom is 0.268 e. The standard InChI is InChI=1S/C26H25FN2O5S/c1-17-8-10-20(27)16-21(17)28-25(30)11-9-18-14-23(33-2)26(34-3)24(15-18)35(31,32)29-13-12-19-6-4-5-7-22(19)29/h4-11,14-16H,12-13H2,1-3H3,(H,28,30). The first kappa shape index (κ1) is 24.3. The van der Waals surface area contributed by atoms with Gasteiger partial charge in [-0.25, -0.2) is 12.8 Å². The van der Waals surface area contributed by atoms with E-state index in [1.807, 2.05) is 12.1 Å². The predicted octanol–water partition coefficient (Wildman–Crippen LogP) is 4.55. The average molecular weight is 497 g/mol. The number of rotatable bonds is 7. The molecule has 35 heavy (non-hydrogen) atoms. The number of aryl methyl sites for hydroxylation is 1. The van der Waals surface area contributed by atoms with Gasteiger partial charge in [-0.05, 0) is 66.4 Å². The zero-order valence-corrected chi connectivity index (χ0v) is 20.4. The third-order valence-corrected chi connectivity index (χ3v) is 7.58. The van der Waals surface area contributed by atoms with E-state index in [0.29, 0.717) is 35.5 Å². The van der Waals surface area contributed by atoms with Crippen LogP contribution >= 0.6 is 0 Å². The number of anilines is 2. The smallest absolute Gasteiger partial charge is 0.268 e. The van der Waals surface area contributed by atoms with Gasteiger partial charge in [0.2, 0.25) is 5.91 Å². The van der Waals surface area contributed by atoms with Crippen LogP contribution in [0.4, 0.5) is 15.8 Å². The fourth-order valence-electron chi connectivity index (χ4n) is 3.99. The molecule has 0 atom stereocenters. The molecule has 1 aliphatic heterocycles. The Hall–Kier alpha value is -3.85. The van der Waals surface area contributed by atoms with Crippen molar-refractivity contribution < 1.29 is 27.1 Å². The number of amides is 1. The van der Waals surface area contributed by atoms with Gasteiger partial charge in [0.1, 0.15) is 10.7 Å². The van der Waals surface area contributed by atoms with Crippen LogP contribution in [0.1, 0.15) is 16.7 Å². The number of carbonyl (C=O) groups is 1. The van der Waals surface area contributed by atoms with Crippen LogP contribution in [0.25, 0.3) is 6.08 Å². The van der Waals surface area contributed by atoms with Crippen molar-refractivity contribution in [2.45, 2.75) is 18.2 Å². The fraction of sp³-hybridized carbons (Fsp3) is 0.192. The number of methoxy groups -OCH3 is 2. The Bertz CT molecular complexity index is 1420. The summed E-state index contributed by atoms with van der Waals surface area (Å²) in [5.41, 5.74) is 3.04. The number of sulfonamides is 1. The van der Waals surface area contributed by atoms with Gasteiger partial charge in [0, 0.05) is 18.3 Å². The topological polar surface area (TPSA) is 84.9 Å². The summed E-state index contributed by atoms with van der Waals surface area (Å²) in [4.78, 5) is 12.4. The van der Waals surface area contributed by atoms with E-state index in [4.69, 9.17) is 9.47 Å². The lowest BCUT2D eigenvalue weighted by Crippen LogP contribution is -2.29. The van der Waals surface area contributed by atoms with Gasteiger partial charge in [0.05, 0.1) is 19.9 Å². The van der Waals surface area contributed by atoms with Crippen molar-refractivity contribution >= 4 is 33.4 Å². The van der Waals surface area contributed by atoms with Gasteiger partial charge in [-0.15, -0.1) is 0 Å². The molecule has 3 aromatic carbocycles. The van der Waals surface area contributed by atoms with Crippen LogP contribution in [-0.4, -0.2) is 35.1 Å². The number of fused-ring (bicyclic) bond motifs is 1. The van der Waals surface area contributed by atoms with Crippen molar-refractivity contribution in [3.05, 3.63) is 83.2 Å². The molecule has 0 aliphatic carbocycles. The number of hydrogen-bond acceptors (Lipinski definition) is 5. The van der Waals surface area contributed by atoms with Crippen molar-refractivity contribution in [1.29, 1.82) is 0 Å². The lowest BCUT2D eigenvalue weighted by molar-refractivity contribution is -0.111. The normalized spacial score (nSPS) is 13.1. The second-order valence-corrected chi connectivity index (χ2v) is 9.82. The van der Waals surface area contributed by atoms with Gasteiger partial charge in [-0.1, -0.05) is 24.3 Å². The van der Waals surface area contributed by atoms with E-state index in [2.05, 4.69) is 5.32 Å². The first-order valence-electron chi connectivity index (χ1n) is 10.9. The van der Waals surface area contributed by atoms with Gasteiger partial charge in [-0.2, -0.15) is 0 Å². The molecule has 1 aliphatic rings. The highest BCUT2D eigenvalue weighted by molar-refractivity contribution is 7.93. The van der Waals surface area contributed by atoms with Gasteiger partial charge in [0.25, 0.3) is 10.0 Å². The van der Waals surface area contributed by atoms with Crippen LogP contribution in [0, 0.1) is 12.7 Å². The molecule has 3 aromatic rings. The Morgan fingerprint density at radius 2 is 1.86 bits per heavy atom. The van der Waals surface area contributed by atoms with Crippen LogP contribution in [0.15, 0.2) is 65.6 Å². The number of hydrogen-bond donors (Lipinski definition) is 1. The summed E-state index contributed by atoms with van der Waals surface area (Å²) in [5, 5.41) is 2.62. The van der Waals surface area contributed by atoms with Crippen molar-refractivity contribution in [2.75, 3.05) is 30.4 Å². The van der Waals surface area contributed by atoms with E-state index in [1.165, 1.54) is 48.9 Å². The number of nitrogens with zero attached hydrogens (tertiary/aromatic N) is 1. The molecule has 0 unspecified atom stereocenters. The summed E-state index contributed by atoms with van der Waals surface area (Å²) >= 11 is 0. The van der Waals surface area contributed by atoms with Gasteiger partial charge < -0.3 is 14.8 Å². The summed E-state index contributed by atoms with van der Waals surface area (Å²) in [5.74, 6) is -0.671. The largest absolute Gasteiger partial charge is 0.493 e. The average Bonchev–Trinajstić information content (AvgIpc) is 3.29. The summed E-state index contributed by atoms with van der Waals surface area (Å²) in [6, 6.07) is 14.5. The minimum absolute atomic E-state index is 0.0721. The predicted molar refractivity (Wildman–Crippen MR) is 133 cm³/mol. The highest BCUT2D eigenvalue weighted by atomic mass is 32.2. The Kier molecular flexibility index (Phi) is 6.79. The molecular weight excluding hydrogens is 471 g/mol. The molecule has 7 nitrogen and oxygen atoms in total. The SMILES string of the molecule is COc1cc(C=CC(=O)Nc2cc(F)ccc2C)cc(S(=O)(=O)N2CCc3ccccc32)c1OC. The summed E-state index contributed by atoms with van der Waals surface area (Å²) in [7, 11) is -1.21. The molecule has 0 saturated carbocycles. The molecule has 0 bridgehead atoms. The maximum absolute atomic E-state index is 13.7. The van der Waals surface area contributed by atoms with Crippen molar-refractivity contribution in [3.63, 3.8) is 0 Å². The number of benzene rings is 3. The molecule has 0 aromatic heterocycles. The van der Waals surface area contributed by atoms with E-state index in [-0.39, 0.29) is 16.4 Å². The first-order valence-corrected chi connectivity index (χ1v) is 12.3. The third-order valence-electron chi connectivity index (χ3n) is 5.76. The van der Waals surface area contributed by atoms with Crippen LogP contribution < -0.4 is 19.1 Å². The van der Waals surface area contributed by atoms with Gasteiger partial charge in [-0.3, -0.25) is 9.10 Å². The molecule has 9 heteroatoms. The summed E-state index contributed by atoms with van der Waals surface area (Å²) in [6.07, 6.45) is 3.31. The van der Waals surface area contributed by atoms with Gasteiger partial charge in [0.15, 0.2) is 11.5 Å². The number of para-hydroxylation sites is 1. The third kappa shape index (κ3) is 4.85. The second-order valence-electron chi connectivity index (χ2n) is 7.99. The molecule has 1 N–H and O–H groups in total. The lowest BCUT2D eigenvalue weighted by atomic mass is 10.1. The molecule has 4 rings (SSSR count). The maximum atomic E-state index is 13.7. The van der Waals surface area contributed by atoms with E-state index in [1.54, 1.807) is 31.2 Å². The highest BCUT2D eigenvalue weighted by Crippen LogP contribution is 2.40. The van der Waals surface area contributed by atoms with E-state index < -0.39 is 21.7 Å². The number of ether oxygens (including phenoxy) is 2. The van der Waals surface area contributed by atoms with Crippen LogP contribution in [-0.2, 0) is 21.2 Å². The Morgan fingerprint density at radius 1 is 1.09 bits per heavy atom.